The summed E-state index contributed by atoms with van der Waals surface area (Å²) in [5.41, 5.74) is 1.40. The molecule has 1 aromatic carbocycles. The monoisotopic (exact) mass is 554 g/mol. The fraction of sp³-hybridized carbons (Fsp3) is 0.550. The molecule has 0 aliphatic carbocycles. The van der Waals surface area contributed by atoms with E-state index in [0.29, 0.717) is 18.1 Å². The maximum atomic E-state index is 12.6. The summed E-state index contributed by atoms with van der Waals surface area (Å²) in [7, 11) is 1.88. The summed E-state index contributed by atoms with van der Waals surface area (Å²) in [5, 5.41) is 14.6. The molecule has 0 unspecified atom stereocenters. The molecular weight excluding hydrogens is 524 g/mol. The maximum absolute atomic E-state index is 12.6. The molecule has 2 rings (SSSR count). The standard InChI is InChI=1S/C20H29F3N6O.HI/c1-5-6-9-24-19(26-12-18-28-27-15(3)29(18)4)25-11-16-8-7-14(2)10-17(16)30-13-20(21,22)23;/h7-8,10H,5-6,9,11-13H2,1-4H3,(H2,24,25,26);1H. The van der Waals surface area contributed by atoms with Crippen LogP contribution in [0.25, 0.3) is 0 Å². The van der Waals surface area contributed by atoms with E-state index in [-0.39, 0.29) is 36.3 Å². The number of nitrogens with one attached hydrogen (secondary N) is 2. The average Bonchev–Trinajstić information content (AvgIpc) is 3.00. The van der Waals surface area contributed by atoms with Gasteiger partial charge in [0.25, 0.3) is 0 Å². The Labute approximate surface area is 197 Å². The molecule has 0 saturated carbocycles. The van der Waals surface area contributed by atoms with E-state index in [1.807, 2.05) is 24.6 Å². The van der Waals surface area contributed by atoms with Crippen LogP contribution < -0.4 is 15.4 Å². The van der Waals surface area contributed by atoms with Gasteiger partial charge in [-0.3, -0.25) is 0 Å². The minimum atomic E-state index is -4.40. The van der Waals surface area contributed by atoms with E-state index in [2.05, 4.69) is 32.7 Å². The molecule has 11 heteroatoms. The first-order valence-electron chi connectivity index (χ1n) is 9.85. The molecule has 0 spiro atoms. The predicted octanol–water partition coefficient (Wildman–Crippen LogP) is 4.03. The van der Waals surface area contributed by atoms with Gasteiger partial charge in [-0.25, -0.2) is 4.99 Å². The number of guanidine groups is 1. The largest absolute Gasteiger partial charge is 0.484 e. The summed E-state index contributed by atoms with van der Waals surface area (Å²) in [6.07, 6.45) is -2.41. The van der Waals surface area contributed by atoms with E-state index in [0.717, 1.165) is 36.6 Å². The Bertz CT molecular complexity index is 854. The molecule has 31 heavy (non-hydrogen) atoms. The highest BCUT2D eigenvalue weighted by molar-refractivity contribution is 14.0. The molecule has 0 fully saturated rings. The number of alkyl halides is 3. The van der Waals surface area contributed by atoms with Crippen molar-refractivity contribution in [1.82, 2.24) is 25.4 Å². The summed E-state index contributed by atoms with van der Waals surface area (Å²) in [5.74, 6) is 2.29. The van der Waals surface area contributed by atoms with Crippen molar-refractivity contribution >= 4 is 29.9 Å². The second-order valence-electron chi connectivity index (χ2n) is 7.04. The van der Waals surface area contributed by atoms with Gasteiger partial charge in [-0.1, -0.05) is 25.5 Å². The zero-order valence-electron chi connectivity index (χ0n) is 18.2. The van der Waals surface area contributed by atoms with Gasteiger partial charge in [0.15, 0.2) is 18.4 Å². The van der Waals surface area contributed by atoms with Crippen molar-refractivity contribution in [2.75, 3.05) is 13.2 Å². The van der Waals surface area contributed by atoms with Gasteiger partial charge in [-0.2, -0.15) is 13.2 Å². The fourth-order valence-corrected chi connectivity index (χ4v) is 2.58. The van der Waals surface area contributed by atoms with E-state index in [1.165, 1.54) is 0 Å². The van der Waals surface area contributed by atoms with Crippen LogP contribution in [-0.4, -0.2) is 40.1 Å². The third-order valence-electron chi connectivity index (χ3n) is 4.44. The number of aromatic nitrogens is 3. The van der Waals surface area contributed by atoms with Gasteiger partial charge >= 0.3 is 6.18 Å². The molecule has 0 atom stereocenters. The number of hydrogen-bond acceptors (Lipinski definition) is 4. The second kappa shape index (κ2) is 12.7. The van der Waals surface area contributed by atoms with Crippen molar-refractivity contribution in [2.24, 2.45) is 12.0 Å². The molecular formula is C20H30F3IN6O. The van der Waals surface area contributed by atoms with E-state index < -0.39 is 12.8 Å². The molecule has 0 radical (unpaired) electrons. The Morgan fingerprint density at radius 1 is 1.19 bits per heavy atom. The highest BCUT2D eigenvalue weighted by atomic mass is 127. The first kappa shape index (κ1) is 27.0. The molecule has 0 amide bonds. The SMILES string of the molecule is CCCCNC(=NCc1ccc(C)cc1OCC(F)(F)F)NCc1nnc(C)n1C.I. The van der Waals surface area contributed by atoms with Gasteiger partial charge in [0, 0.05) is 19.2 Å². The summed E-state index contributed by atoms with van der Waals surface area (Å²) in [4.78, 5) is 4.53. The van der Waals surface area contributed by atoms with E-state index >= 15 is 0 Å². The quantitative estimate of drug-likeness (QED) is 0.212. The molecule has 0 aliphatic heterocycles. The third kappa shape index (κ3) is 9.32. The number of aliphatic imine (C=N–C) groups is 1. The lowest BCUT2D eigenvalue weighted by molar-refractivity contribution is -0.153. The fourth-order valence-electron chi connectivity index (χ4n) is 2.58. The van der Waals surface area contributed by atoms with Crippen LogP contribution in [0.4, 0.5) is 13.2 Å². The molecule has 1 aromatic heterocycles. The van der Waals surface area contributed by atoms with Gasteiger partial charge in [-0.05, 0) is 31.9 Å². The van der Waals surface area contributed by atoms with Gasteiger partial charge in [-0.15, -0.1) is 34.2 Å². The van der Waals surface area contributed by atoms with Gasteiger partial charge in [0.2, 0.25) is 0 Å². The summed E-state index contributed by atoms with van der Waals surface area (Å²) in [6, 6.07) is 5.15. The first-order chi connectivity index (χ1) is 14.2. The predicted molar refractivity (Wildman–Crippen MR) is 125 cm³/mol. The van der Waals surface area contributed by atoms with Crippen molar-refractivity contribution in [2.45, 2.75) is 52.9 Å². The number of aryl methyl sites for hydroxylation is 2. The third-order valence-corrected chi connectivity index (χ3v) is 4.44. The Morgan fingerprint density at radius 3 is 2.55 bits per heavy atom. The lowest BCUT2D eigenvalue weighted by Gasteiger charge is -2.15. The molecule has 2 N–H and O–H groups in total. The van der Waals surface area contributed by atoms with Crippen molar-refractivity contribution in [3.63, 3.8) is 0 Å². The molecule has 2 aromatic rings. The number of halogens is 4. The van der Waals surface area contributed by atoms with Crippen molar-refractivity contribution in [3.8, 4) is 5.75 Å². The van der Waals surface area contributed by atoms with Crippen LogP contribution in [0.3, 0.4) is 0 Å². The Hall–Kier alpha value is -2.05. The minimum Gasteiger partial charge on any atom is -0.484 e. The van der Waals surface area contributed by atoms with Gasteiger partial charge < -0.3 is 19.9 Å². The van der Waals surface area contributed by atoms with E-state index in [4.69, 9.17) is 4.74 Å². The highest BCUT2D eigenvalue weighted by Gasteiger charge is 2.28. The van der Waals surface area contributed by atoms with Crippen LogP contribution in [-0.2, 0) is 20.1 Å². The molecule has 0 aliphatic rings. The zero-order chi connectivity index (χ0) is 22.1. The van der Waals surface area contributed by atoms with Gasteiger partial charge in [0.1, 0.15) is 11.6 Å². The van der Waals surface area contributed by atoms with Crippen molar-refractivity contribution < 1.29 is 17.9 Å². The summed E-state index contributed by atoms with van der Waals surface area (Å²) in [6.45, 7) is 5.74. The molecule has 0 saturated heterocycles. The van der Waals surface area contributed by atoms with E-state index in [9.17, 15) is 13.2 Å². The van der Waals surface area contributed by atoms with E-state index in [1.54, 1.807) is 19.1 Å². The number of nitrogens with zero attached hydrogens (tertiary/aromatic N) is 4. The number of hydrogen-bond donors (Lipinski definition) is 2. The van der Waals surface area contributed by atoms with Crippen molar-refractivity contribution in [3.05, 3.63) is 41.0 Å². The van der Waals surface area contributed by atoms with Crippen LogP contribution in [0.1, 0.15) is 42.5 Å². The minimum absolute atomic E-state index is 0. The van der Waals surface area contributed by atoms with Crippen LogP contribution in [0.15, 0.2) is 23.2 Å². The number of rotatable bonds is 9. The zero-order valence-corrected chi connectivity index (χ0v) is 20.5. The molecule has 1 heterocycles. The topological polar surface area (TPSA) is 76.4 Å². The Morgan fingerprint density at radius 2 is 1.94 bits per heavy atom. The number of unbranched alkanes of at least 4 members (excludes halogenated alkanes) is 1. The van der Waals surface area contributed by atoms with Crippen LogP contribution in [0.2, 0.25) is 0 Å². The van der Waals surface area contributed by atoms with Crippen molar-refractivity contribution in [1.29, 1.82) is 0 Å². The first-order valence-corrected chi connectivity index (χ1v) is 9.85. The lowest BCUT2D eigenvalue weighted by Crippen LogP contribution is -2.38. The van der Waals surface area contributed by atoms with Crippen LogP contribution >= 0.6 is 24.0 Å². The summed E-state index contributed by atoms with van der Waals surface area (Å²) < 4.78 is 44.6. The van der Waals surface area contributed by atoms with Crippen LogP contribution in [0, 0.1) is 13.8 Å². The highest BCUT2D eigenvalue weighted by Crippen LogP contribution is 2.24. The Kier molecular flexibility index (Phi) is 11.1. The normalized spacial score (nSPS) is 11.8. The number of benzene rings is 1. The number of ether oxygens (including phenoxy) is 1. The maximum Gasteiger partial charge on any atom is 0.422 e. The average molecular weight is 554 g/mol. The molecule has 7 nitrogen and oxygen atoms in total. The lowest BCUT2D eigenvalue weighted by atomic mass is 10.1. The smallest absolute Gasteiger partial charge is 0.422 e. The summed E-state index contributed by atoms with van der Waals surface area (Å²) >= 11 is 0. The Balaban J connectivity index is 0.00000480. The molecule has 174 valence electrons. The van der Waals surface area contributed by atoms with Gasteiger partial charge in [0.05, 0.1) is 13.1 Å². The van der Waals surface area contributed by atoms with Crippen LogP contribution in [0.5, 0.6) is 5.75 Å². The molecule has 0 bridgehead atoms. The second-order valence-corrected chi connectivity index (χ2v) is 7.04.